The van der Waals surface area contributed by atoms with Crippen molar-refractivity contribution >= 4 is 22.2 Å². The smallest absolute Gasteiger partial charge is 0.190 e. The van der Waals surface area contributed by atoms with E-state index in [2.05, 4.69) is 23.3 Å². The summed E-state index contributed by atoms with van der Waals surface area (Å²) in [4.78, 5) is 8.43. The lowest BCUT2D eigenvalue weighted by atomic mass is 9.98. The van der Waals surface area contributed by atoms with Crippen molar-refractivity contribution in [1.29, 1.82) is 0 Å². The van der Waals surface area contributed by atoms with Gasteiger partial charge in [-0.25, -0.2) is 4.98 Å². The summed E-state index contributed by atoms with van der Waals surface area (Å²) in [5.41, 5.74) is 2.33. The van der Waals surface area contributed by atoms with Crippen LogP contribution in [0.1, 0.15) is 29.5 Å². The Morgan fingerprint density at radius 1 is 1.43 bits per heavy atom. The highest BCUT2D eigenvalue weighted by molar-refractivity contribution is 7.15. The Morgan fingerprint density at radius 3 is 3.05 bits per heavy atom. The van der Waals surface area contributed by atoms with Crippen LogP contribution in [-0.2, 0) is 6.42 Å². The summed E-state index contributed by atoms with van der Waals surface area (Å²) in [5.74, 6) is 0.869. The predicted molar refractivity (Wildman–Crippen MR) is 87.9 cm³/mol. The molecule has 112 valence electrons. The number of methoxy groups -OCH3 is 1. The van der Waals surface area contributed by atoms with Crippen molar-refractivity contribution < 1.29 is 4.74 Å². The average molecular weight is 303 g/mol. The second-order valence-corrected chi connectivity index (χ2v) is 6.36. The number of benzene rings is 1. The van der Waals surface area contributed by atoms with Crippen LogP contribution in [0.4, 0.5) is 10.8 Å². The summed E-state index contributed by atoms with van der Waals surface area (Å²) in [5, 5.41) is 4.43. The lowest BCUT2D eigenvalue weighted by Crippen LogP contribution is -2.21. The summed E-state index contributed by atoms with van der Waals surface area (Å²) < 4.78 is 5.30. The first-order valence-electron chi connectivity index (χ1n) is 7.27. The number of anilines is 2. The van der Waals surface area contributed by atoms with Crippen LogP contribution in [0.5, 0.6) is 5.75 Å². The van der Waals surface area contributed by atoms with Gasteiger partial charge in [-0.15, -0.1) is 11.3 Å². The lowest BCUT2D eigenvalue weighted by molar-refractivity contribution is 0.415. The van der Waals surface area contributed by atoms with Gasteiger partial charge in [0.05, 0.1) is 18.8 Å². The number of rotatable bonds is 4. The van der Waals surface area contributed by atoms with Gasteiger partial charge in [0, 0.05) is 23.7 Å². The maximum absolute atomic E-state index is 5.30. The van der Waals surface area contributed by atoms with E-state index in [-0.39, 0.29) is 0 Å². The van der Waals surface area contributed by atoms with E-state index in [4.69, 9.17) is 9.72 Å². The van der Waals surface area contributed by atoms with E-state index in [9.17, 15) is 0 Å². The van der Waals surface area contributed by atoms with Crippen LogP contribution in [0.2, 0.25) is 0 Å². The first kappa shape index (κ1) is 14.4. The fraction of sp³-hybridized carbons (Fsp3) is 0.438. The third-order valence-corrected chi connectivity index (χ3v) is 5.23. The van der Waals surface area contributed by atoms with Crippen molar-refractivity contribution in [2.45, 2.75) is 25.3 Å². The molecule has 0 saturated heterocycles. The van der Waals surface area contributed by atoms with Crippen molar-refractivity contribution in [3.05, 3.63) is 34.8 Å². The average Bonchev–Trinajstić information content (AvgIpc) is 2.98. The van der Waals surface area contributed by atoms with Gasteiger partial charge in [-0.05, 0) is 38.4 Å². The zero-order chi connectivity index (χ0) is 14.8. The Labute approximate surface area is 129 Å². The molecule has 3 rings (SSSR count). The van der Waals surface area contributed by atoms with Crippen LogP contribution in [0.3, 0.4) is 0 Å². The highest BCUT2D eigenvalue weighted by atomic mass is 32.1. The van der Waals surface area contributed by atoms with Crippen LogP contribution in [0.25, 0.3) is 0 Å². The minimum absolute atomic E-state index is 0.400. The molecule has 0 aliphatic heterocycles. The van der Waals surface area contributed by atoms with Crippen LogP contribution in [0, 0.1) is 0 Å². The number of nitrogens with one attached hydrogen (secondary N) is 1. The molecule has 2 aromatic rings. The summed E-state index contributed by atoms with van der Waals surface area (Å²) >= 11 is 1.80. The monoisotopic (exact) mass is 303 g/mol. The fourth-order valence-electron chi connectivity index (χ4n) is 2.76. The molecule has 1 unspecified atom stereocenters. The normalized spacial score (nSPS) is 17.4. The van der Waals surface area contributed by atoms with E-state index < -0.39 is 0 Å². The number of fused-ring (bicyclic) bond motifs is 1. The molecular weight excluding hydrogens is 282 g/mol. The molecule has 1 aromatic carbocycles. The van der Waals surface area contributed by atoms with Gasteiger partial charge >= 0.3 is 0 Å². The third-order valence-electron chi connectivity index (χ3n) is 4.02. The van der Waals surface area contributed by atoms with E-state index in [0.717, 1.165) is 23.0 Å². The van der Waals surface area contributed by atoms with Crippen LogP contribution in [-0.4, -0.2) is 26.2 Å². The van der Waals surface area contributed by atoms with Crippen LogP contribution in [0.15, 0.2) is 24.3 Å². The number of aromatic nitrogens is 1. The standard InChI is InChI=1S/C16H21N3OS/c1-17-13-8-5-9-14-15(13)18-16(21-14)19(2)11-6-4-7-12(10-11)20-3/h4,6-7,10,13,17H,5,8-9H2,1-3H3. The number of aryl methyl sites for hydroxylation is 1. The van der Waals surface area contributed by atoms with E-state index >= 15 is 0 Å². The number of hydrogen-bond donors (Lipinski definition) is 1. The van der Waals surface area contributed by atoms with Gasteiger partial charge < -0.3 is 15.0 Å². The van der Waals surface area contributed by atoms with Crippen LogP contribution >= 0.6 is 11.3 Å². The van der Waals surface area contributed by atoms with Gasteiger partial charge in [0.15, 0.2) is 5.13 Å². The Bertz CT molecular complexity index is 626. The quantitative estimate of drug-likeness (QED) is 0.938. The van der Waals surface area contributed by atoms with E-state index in [1.165, 1.54) is 23.4 Å². The zero-order valence-corrected chi connectivity index (χ0v) is 13.5. The van der Waals surface area contributed by atoms with Crippen molar-refractivity contribution in [3.8, 4) is 5.75 Å². The third kappa shape index (κ3) is 2.76. The molecule has 0 spiro atoms. The molecule has 1 heterocycles. The summed E-state index contributed by atoms with van der Waals surface area (Å²) in [6.45, 7) is 0. The van der Waals surface area contributed by atoms with E-state index in [1.54, 1.807) is 18.4 Å². The molecule has 1 atom stereocenters. The second-order valence-electron chi connectivity index (χ2n) is 5.30. The molecule has 0 amide bonds. The van der Waals surface area contributed by atoms with Crippen molar-refractivity contribution in [3.63, 3.8) is 0 Å². The van der Waals surface area contributed by atoms with Crippen molar-refractivity contribution in [2.75, 3.05) is 26.1 Å². The van der Waals surface area contributed by atoms with Gasteiger partial charge in [-0.3, -0.25) is 0 Å². The topological polar surface area (TPSA) is 37.4 Å². The molecule has 5 heteroatoms. The Kier molecular flexibility index (Phi) is 4.12. The largest absolute Gasteiger partial charge is 0.497 e. The number of thiazole rings is 1. The van der Waals surface area contributed by atoms with E-state index in [1.807, 2.05) is 25.2 Å². The van der Waals surface area contributed by atoms with Crippen molar-refractivity contribution in [2.24, 2.45) is 0 Å². The molecule has 0 saturated carbocycles. The molecular formula is C16H21N3OS. The molecule has 21 heavy (non-hydrogen) atoms. The molecule has 1 aliphatic carbocycles. The summed E-state index contributed by atoms with van der Waals surface area (Å²) in [7, 11) is 5.77. The maximum atomic E-state index is 5.30. The lowest BCUT2D eigenvalue weighted by Gasteiger charge is -2.20. The van der Waals surface area contributed by atoms with Crippen LogP contribution < -0.4 is 15.0 Å². The molecule has 0 radical (unpaired) electrons. The van der Waals surface area contributed by atoms with Gasteiger partial charge in [-0.2, -0.15) is 0 Å². The van der Waals surface area contributed by atoms with E-state index in [0.29, 0.717) is 6.04 Å². The minimum atomic E-state index is 0.400. The molecule has 1 N–H and O–H groups in total. The zero-order valence-electron chi connectivity index (χ0n) is 12.7. The Hall–Kier alpha value is -1.59. The highest BCUT2D eigenvalue weighted by Gasteiger charge is 2.24. The summed E-state index contributed by atoms with van der Waals surface area (Å²) in [6, 6.07) is 8.49. The minimum Gasteiger partial charge on any atom is -0.497 e. The number of hydrogen-bond acceptors (Lipinski definition) is 5. The summed E-state index contributed by atoms with van der Waals surface area (Å²) in [6.07, 6.45) is 3.57. The Balaban J connectivity index is 1.91. The first-order chi connectivity index (χ1) is 10.2. The highest BCUT2D eigenvalue weighted by Crippen LogP contribution is 2.38. The molecule has 1 aromatic heterocycles. The molecule has 4 nitrogen and oxygen atoms in total. The Morgan fingerprint density at radius 2 is 2.29 bits per heavy atom. The second kappa shape index (κ2) is 6.03. The number of ether oxygens (including phenoxy) is 1. The molecule has 0 bridgehead atoms. The van der Waals surface area contributed by atoms with Crippen molar-refractivity contribution in [1.82, 2.24) is 10.3 Å². The first-order valence-corrected chi connectivity index (χ1v) is 8.09. The van der Waals surface area contributed by atoms with Gasteiger partial charge in [0.2, 0.25) is 0 Å². The van der Waals surface area contributed by atoms with Gasteiger partial charge in [0.25, 0.3) is 0 Å². The molecule has 1 aliphatic rings. The fourth-order valence-corrected chi connectivity index (χ4v) is 3.91. The SMILES string of the molecule is CNC1CCCc2sc(N(C)c3cccc(OC)c3)nc21. The number of nitrogens with zero attached hydrogens (tertiary/aromatic N) is 2. The van der Waals surface area contributed by atoms with Gasteiger partial charge in [-0.1, -0.05) is 6.07 Å². The maximum Gasteiger partial charge on any atom is 0.190 e. The van der Waals surface area contributed by atoms with Gasteiger partial charge in [0.1, 0.15) is 5.75 Å². The predicted octanol–water partition coefficient (Wildman–Crippen LogP) is 3.52. The molecule has 0 fully saturated rings.